The van der Waals surface area contributed by atoms with Crippen LogP contribution in [0.5, 0.6) is 0 Å². The normalized spacial score (nSPS) is 34.7. The molecular formula is C12H20O23S4. The van der Waals surface area contributed by atoms with Gasteiger partial charge in [-0.1, -0.05) is 0 Å². The van der Waals surface area contributed by atoms with Gasteiger partial charge in [-0.3, -0.25) is 18.2 Å². The highest BCUT2D eigenvalue weighted by molar-refractivity contribution is 7.81. The Morgan fingerprint density at radius 3 is 1.54 bits per heavy atom. The third kappa shape index (κ3) is 10.6. The molecule has 2 aliphatic heterocycles. The maximum atomic E-state index is 11.6. The number of carboxylic acid groups (broad SMARTS) is 1. The fourth-order valence-electron chi connectivity index (χ4n) is 3.34. The Kier molecular flexibility index (Phi) is 10.7. The molecule has 0 aromatic heterocycles. The summed E-state index contributed by atoms with van der Waals surface area (Å²) in [6.07, 6.45) is -21.1. The van der Waals surface area contributed by atoms with E-state index < -0.39 is 116 Å². The van der Waals surface area contributed by atoms with E-state index in [9.17, 15) is 53.8 Å². The number of rotatable bonds is 13. The van der Waals surface area contributed by atoms with Gasteiger partial charge in [0.05, 0.1) is 13.2 Å². The maximum Gasteiger partial charge on any atom is 0.397 e. The first-order valence-electron chi connectivity index (χ1n) is 9.58. The highest BCUT2D eigenvalue weighted by Crippen LogP contribution is 2.33. The van der Waals surface area contributed by atoms with Crippen LogP contribution in [0.2, 0.25) is 0 Å². The Morgan fingerprint density at radius 1 is 0.641 bits per heavy atom. The number of aliphatic hydroxyl groups is 2. The first kappa shape index (κ1) is 34.0. The second-order valence-electron chi connectivity index (χ2n) is 7.46. The summed E-state index contributed by atoms with van der Waals surface area (Å²) in [6, 6.07) is 0. The summed E-state index contributed by atoms with van der Waals surface area (Å²) >= 11 is 0. The molecule has 2 saturated heterocycles. The van der Waals surface area contributed by atoms with E-state index in [4.69, 9.17) is 32.4 Å². The maximum absolute atomic E-state index is 11.6. The zero-order valence-electron chi connectivity index (χ0n) is 18.4. The molecule has 0 radical (unpaired) electrons. The van der Waals surface area contributed by atoms with Crippen LogP contribution >= 0.6 is 0 Å². The second kappa shape index (κ2) is 12.3. The summed E-state index contributed by atoms with van der Waals surface area (Å²) in [7, 11) is -21.5. The molecule has 27 heteroatoms. The van der Waals surface area contributed by atoms with Crippen LogP contribution in [0.25, 0.3) is 0 Å². The molecule has 0 aromatic carbocycles. The van der Waals surface area contributed by atoms with Crippen LogP contribution in [-0.4, -0.2) is 142 Å². The van der Waals surface area contributed by atoms with Gasteiger partial charge >= 0.3 is 47.6 Å². The van der Waals surface area contributed by atoms with Gasteiger partial charge in [0.1, 0.15) is 36.6 Å². The van der Waals surface area contributed by atoms with E-state index in [0.29, 0.717) is 0 Å². The number of hydrogen-bond donors (Lipinski definition) is 7. The molecule has 230 valence electrons. The third-order valence-corrected chi connectivity index (χ3v) is 6.52. The quantitative estimate of drug-likeness (QED) is 0.0906. The second-order valence-corrected chi connectivity index (χ2v) is 11.7. The van der Waals surface area contributed by atoms with Gasteiger partial charge in [0.2, 0.25) is 0 Å². The Bertz CT molecular complexity index is 1300. The molecule has 2 fully saturated rings. The van der Waals surface area contributed by atoms with Crippen LogP contribution in [0.3, 0.4) is 0 Å². The van der Waals surface area contributed by atoms with Crippen molar-refractivity contribution in [2.24, 2.45) is 0 Å². The van der Waals surface area contributed by atoms with E-state index in [1.807, 2.05) is 0 Å². The fourth-order valence-corrected chi connectivity index (χ4v) is 4.93. The lowest BCUT2D eigenvalue weighted by atomic mass is 9.98. The Labute approximate surface area is 218 Å². The van der Waals surface area contributed by atoms with Crippen molar-refractivity contribution in [1.82, 2.24) is 0 Å². The molecule has 0 bridgehead atoms. The molecule has 2 rings (SSSR count). The van der Waals surface area contributed by atoms with Gasteiger partial charge in [-0.05, 0) is 0 Å². The van der Waals surface area contributed by atoms with Gasteiger partial charge in [-0.25, -0.2) is 21.5 Å². The highest BCUT2D eigenvalue weighted by Gasteiger charge is 2.56. The smallest absolute Gasteiger partial charge is 0.397 e. The SMILES string of the molecule is O=C(O)C1OC(OC2C(COS(=O)(=O)O)OC(COS(=O)(=O)O)C2O)C(OS(=O)(=O)O)C(O)C1OS(=O)(=O)O. The number of ether oxygens (including phenoxy) is 3. The minimum Gasteiger partial charge on any atom is -0.479 e. The molecule has 0 aliphatic carbocycles. The highest BCUT2D eigenvalue weighted by atomic mass is 32.3. The Hall–Kier alpha value is -1.25. The number of aliphatic carboxylic acids is 1. The lowest BCUT2D eigenvalue weighted by Crippen LogP contribution is -2.63. The van der Waals surface area contributed by atoms with Gasteiger partial charge in [0.15, 0.2) is 18.5 Å². The minimum atomic E-state index is -5.60. The lowest BCUT2D eigenvalue weighted by Gasteiger charge is -2.42. The molecule has 7 N–H and O–H groups in total. The summed E-state index contributed by atoms with van der Waals surface area (Å²) in [5, 5.41) is 30.2. The zero-order valence-corrected chi connectivity index (χ0v) is 21.7. The van der Waals surface area contributed by atoms with Crippen LogP contribution in [0.4, 0.5) is 0 Å². The number of carboxylic acids is 1. The molecule has 39 heavy (non-hydrogen) atoms. The first-order valence-corrected chi connectivity index (χ1v) is 15.0. The third-order valence-electron chi connectivity index (χ3n) is 4.72. The molecular weight excluding hydrogens is 640 g/mol. The molecule has 23 nitrogen and oxygen atoms in total. The predicted octanol–water partition coefficient (Wildman–Crippen LogP) is -5.31. The van der Waals surface area contributed by atoms with E-state index in [1.165, 1.54) is 0 Å². The molecule has 0 aromatic rings. The van der Waals surface area contributed by atoms with Crippen LogP contribution in [0.15, 0.2) is 0 Å². The van der Waals surface area contributed by atoms with E-state index in [2.05, 4.69) is 16.7 Å². The monoisotopic (exact) mass is 660 g/mol. The van der Waals surface area contributed by atoms with Crippen LogP contribution < -0.4 is 0 Å². The van der Waals surface area contributed by atoms with Crippen molar-refractivity contribution in [3.63, 3.8) is 0 Å². The first-order chi connectivity index (χ1) is 17.5. The summed E-state index contributed by atoms with van der Waals surface area (Å²) in [5.41, 5.74) is 0. The number of hydrogen-bond acceptors (Lipinski definition) is 18. The van der Waals surface area contributed by atoms with Gasteiger partial charge in [0.25, 0.3) is 0 Å². The van der Waals surface area contributed by atoms with Crippen molar-refractivity contribution in [2.75, 3.05) is 13.2 Å². The van der Waals surface area contributed by atoms with Crippen molar-refractivity contribution in [2.45, 2.75) is 55.1 Å². The average molecular weight is 661 g/mol. The lowest BCUT2D eigenvalue weighted by molar-refractivity contribution is -0.303. The fraction of sp³-hybridized carbons (Fsp3) is 0.917. The number of aliphatic hydroxyl groups excluding tert-OH is 2. The van der Waals surface area contributed by atoms with E-state index >= 15 is 0 Å². The summed E-state index contributed by atoms with van der Waals surface area (Å²) in [4.78, 5) is 11.6. The summed E-state index contributed by atoms with van der Waals surface area (Å²) in [5.74, 6) is -2.12. The van der Waals surface area contributed by atoms with E-state index in [-0.39, 0.29) is 0 Å². The van der Waals surface area contributed by atoms with Crippen molar-refractivity contribution >= 4 is 47.6 Å². The van der Waals surface area contributed by atoms with Gasteiger partial charge < -0.3 is 29.5 Å². The van der Waals surface area contributed by atoms with Gasteiger partial charge in [-0.15, -0.1) is 0 Å². The average Bonchev–Trinajstić information content (AvgIpc) is 3.01. The largest absolute Gasteiger partial charge is 0.479 e. The van der Waals surface area contributed by atoms with Crippen molar-refractivity contribution in [3.8, 4) is 0 Å². The summed E-state index contributed by atoms with van der Waals surface area (Å²) in [6.45, 7) is -2.41. The number of carbonyl (C=O) groups is 1. The van der Waals surface area contributed by atoms with Crippen molar-refractivity contribution < 1.29 is 103 Å². The molecule has 0 saturated carbocycles. The molecule has 2 aliphatic rings. The summed E-state index contributed by atoms with van der Waals surface area (Å²) < 4.78 is 155. The predicted molar refractivity (Wildman–Crippen MR) is 110 cm³/mol. The van der Waals surface area contributed by atoms with Crippen LogP contribution in [-0.2, 0) is 77.3 Å². The van der Waals surface area contributed by atoms with E-state index in [1.54, 1.807) is 0 Å². The van der Waals surface area contributed by atoms with Crippen LogP contribution in [0, 0.1) is 0 Å². The molecule has 9 atom stereocenters. The molecule has 2 heterocycles. The van der Waals surface area contributed by atoms with Crippen molar-refractivity contribution in [3.05, 3.63) is 0 Å². The van der Waals surface area contributed by atoms with Gasteiger partial charge in [0, 0.05) is 0 Å². The minimum absolute atomic E-state index is 1.18. The van der Waals surface area contributed by atoms with Crippen LogP contribution in [0.1, 0.15) is 0 Å². The standard InChI is InChI=1S/C12H20O23S4/c13-5-3(1-29-36(17,18)19)31-4(2-30-37(20,21)22)7(5)32-12-9(35-39(26,27)28)6(14)8(34-38(23,24)25)10(33-12)11(15)16/h3-10,12-14H,1-2H2,(H,15,16)(H,17,18,19)(H,20,21,22)(H,23,24,25)(H,26,27,28). The van der Waals surface area contributed by atoms with Crippen molar-refractivity contribution in [1.29, 1.82) is 0 Å². The van der Waals surface area contributed by atoms with E-state index in [0.717, 1.165) is 0 Å². The molecule has 9 unspecified atom stereocenters. The zero-order chi connectivity index (χ0) is 30.1. The molecule has 0 spiro atoms. The topological polar surface area (TPSA) is 360 Å². The Balaban J connectivity index is 2.45. The Morgan fingerprint density at radius 2 is 1.10 bits per heavy atom. The van der Waals surface area contributed by atoms with Gasteiger partial charge in [-0.2, -0.15) is 33.7 Å². The molecule has 0 amide bonds.